The van der Waals surface area contributed by atoms with Gasteiger partial charge in [0.15, 0.2) is 0 Å². The number of para-hydroxylation sites is 1. The van der Waals surface area contributed by atoms with Crippen molar-refractivity contribution in [3.05, 3.63) is 29.8 Å². The summed E-state index contributed by atoms with van der Waals surface area (Å²) in [6.07, 6.45) is 1.63. The smallest absolute Gasteiger partial charge is 0.228 e. The number of hydrogen-bond acceptors (Lipinski definition) is 3. The number of ether oxygens (including phenoxy) is 1. The molecule has 0 spiro atoms. The molecule has 0 bridgehead atoms. The zero-order chi connectivity index (χ0) is 14.5. The van der Waals surface area contributed by atoms with Crippen LogP contribution in [0, 0.1) is 5.92 Å². The van der Waals surface area contributed by atoms with Crippen LogP contribution in [-0.4, -0.2) is 25.1 Å². The average molecular weight is 313 g/mol. The molecular formula is C16H25ClN2O2. The molecule has 5 heteroatoms. The van der Waals surface area contributed by atoms with Crippen molar-refractivity contribution in [2.75, 3.05) is 13.2 Å². The van der Waals surface area contributed by atoms with E-state index < -0.39 is 0 Å². The first-order valence-corrected chi connectivity index (χ1v) is 7.34. The lowest BCUT2D eigenvalue weighted by Crippen LogP contribution is -2.44. The average Bonchev–Trinajstić information content (AvgIpc) is 2.45. The van der Waals surface area contributed by atoms with Gasteiger partial charge in [-0.3, -0.25) is 4.79 Å². The Morgan fingerprint density at radius 3 is 2.81 bits per heavy atom. The summed E-state index contributed by atoms with van der Waals surface area (Å²) in [6, 6.07) is 7.82. The van der Waals surface area contributed by atoms with Gasteiger partial charge in [-0.2, -0.15) is 0 Å². The number of carbonyl (C=O) groups excluding carboxylic acids is 1. The van der Waals surface area contributed by atoms with Crippen molar-refractivity contribution in [1.82, 2.24) is 5.32 Å². The highest BCUT2D eigenvalue weighted by molar-refractivity contribution is 5.85. The molecule has 0 saturated carbocycles. The molecule has 0 saturated heterocycles. The van der Waals surface area contributed by atoms with Gasteiger partial charge in [-0.1, -0.05) is 32.0 Å². The molecule has 0 radical (unpaired) electrons. The van der Waals surface area contributed by atoms with Crippen LogP contribution in [0.2, 0.25) is 0 Å². The van der Waals surface area contributed by atoms with Crippen LogP contribution in [0.1, 0.15) is 38.2 Å². The summed E-state index contributed by atoms with van der Waals surface area (Å²) in [5.41, 5.74) is 6.74. The first-order chi connectivity index (χ1) is 9.61. The fraction of sp³-hybridized carbons (Fsp3) is 0.562. The molecule has 1 aliphatic heterocycles. The molecule has 0 aromatic heterocycles. The molecule has 2 rings (SSSR count). The standard InChI is InChI=1S/C16H24N2O2.ClH/c1-11(2)9-12(10-17)18-16(19)14-7-8-20-15-6-4-3-5-13(14)15;/h3-6,11-12,14H,7-10,17H2,1-2H3,(H,18,19);1H. The van der Waals surface area contributed by atoms with Gasteiger partial charge in [0.25, 0.3) is 0 Å². The monoisotopic (exact) mass is 312 g/mol. The van der Waals surface area contributed by atoms with E-state index in [1.165, 1.54) is 0 Å². The van der Waals surface area contributed by atoms with Crippen LogP contribution in [0.15, 0.2) is 24.3 Å². The lowest BCUT2D eigenvalue weighted by Gasteiger charge is -2.27. The molecule has 3 N–H and O–H groups in total. The van der Waals surface area contributed by atoms with Gasteiger partial charge < -0.3 is 15.8 Å². The molecule has 4 nitrogen and oxygen atoms in total. The maximum atomic E-state index is 12.5. The minimum atomic E-state index is -0.124. The third-order valence-electron chi connectivity index (χ3n) is 3.66. The van der Waals surface area contributed by atoms with Crippen LogP contribution in [0.5, 0.6) is 5.75 Å². The summed E-state index contributed by atoms with van der Waals surface area (Å²) in [5, 5.41) is 3.09. The number of carbonyl (C=O) groups is 1. The largest absolute Gasteiger partial charge is 0.493 e. The van der Waals surface area contributed by atoms with Crippen LogP contribution in [-0.2, 0) is 4.79 Å². The third kappa shape index (κ3) is 4.61. The van der Waals surface area contributed by atoms with Crippen molar-refractivity contribution in [2.45, 2.75) is 38.6 Å². The van der Waals surface area contributed by atoms with E-state index in [0.29, 0.717) is 19.1 Å². The van der Waals surface area contributed by atoms with E-state index in [4.69, 9.17) is 10.5 Å². The molecule has 1 aromatic rings. The van der Waals surface area contributed by atoms with Gasteiger partial charge in [0.1, 0.15) is 5.75 Å². The summed E-state index contributed by atoms with van der Waals surface area (Å²) in [5.74, 6) is 1.29. The molecule has 21 heavy (non-hydrogen) atoms. The lowest BCUT2D eigenvalue weighted by atomic mass is 9.91. The highest BCUT2D eigenvalue weighted by atomic mass is 35.5. The highest BCUT2D eigenvalue weighted by Gasteiger charge is 2.28. The highest BCUT2D eigenvalue weighted by Crippen LogP contribution is 2.33. The predicted molar refractivity (Wildman–Crippen MR) is 87.0 cm³/mol. The van der Waals surface area contributed by atoms with E-state index in [1.807, 2.05) is 24.3 Å². The van der Waals surface area contributed by atoms with Crippen LogP contribution < -0.4 is 15.8 Å². The van der Waals surface area contributed by atoms with Crippen molar-refractivity contribution in [3.8, 4) is 5.75 Å². The second-order valence-electron chi connectivity index (χ2n) is 5.80. The first kappa shape index (κ1) is 17.8. The van der Waals surface area contributed by atoms with Crippen molar-refractivity contribution in [2.24, 2.45) is 11.7 Å². The number of amides is 1. The molecule has 2 unspecified atom stereocenters. The van der Waals surface area contributed by atoms with Crippen molar-refractivity contribution >= 4 is 18.3 Å². The maximum Gasteiger partial charge on any atom is 0.228 e. The Bertz CT molecular complexity index is 465. The minimum Gasteiger partial charge on any atom is -0.493 e. The third-order valence-corrected chi connectivity index (χ3v) is 3.66. The van der Waals surface area contributed by atoms with Crippen LogP contribution in [0.4, 0.5) is 0 Å². The van der Waals surface area contributed by atoms with Gasteiger partial charge in [-0.05, 0) is 24.8 Å². The molecule has 1 aliphatic rings. The Hall–Kier alpha value is -1.26. The number of nitrogens with one attached hydrogen (secondary N) is 1. The molecule has 2 atom stereocenters. The number of nitrogens with two attached hydrogens (primary N) is 1. The number of hydrogen-bond donors (Lipinski definition) is 2. The van der Waals surface area contributed by atoms with Crippen molar-refractivity contribution < 1.29 is 9.53 Å². The Morgan fingerprint density at radius 1 is 1.43 bits per heavy atom. The summed E-state index contributed by atoms with van der Waals surface area (Å²) in [6.45, 7) is 5.35. The fourth-order valence-electron chi connectivity index (χ4n) is 2.70. The SMILES string of the molecule is CC(C)CC(CN)NC(=O)C1CCOc2ccccc21.Cl. The Kier molecular flexibility index (Phi) is 6.99. The van der Waals surface area contributed by atoms with Crippen LogP contribution in [0.3, 0.4) is 0 Å². The fourth-order valence-corrected chi connectivity index (χ4v) is 2.70. The van der Waals surface area contributed by atoms with Crippen LogP contribution >= 0.6 is 12.4 Å². The maximum absolute atomic E-state index is 12.5. The topological polar surface area (TPSA) is 64.3 Å². The van der Waals surface area contributed by atoms with Gasteiger partial charge >= 0.3 is 0 Å². The normalized spacial score (nSPS) is 18.2. The zero-order valence-corrected chi connectivity index (χ0v) is 13.5. The summed E-state index contributed by atoms with van der Waals surface area (Å²) in [7, 11) is 0. The minimum absolute atomic E-state index is 0. The molecule has 0 fully saturated rings. The summed E-state index contributed by atoms with van der Waals surface area (Å²) < 4.78 is 5.60. The van der Waals surface area contributed by atoms with E-state index in [0.717, 1.165) is 24.2 Å². The lowest BCUT2D eigenvalue weighted by molar-refractivity contribution is -0.124. The molecule has 0 aliphatic carbocycles. The molecule has 1 aromatic carbocycles. The molecular weight excluding hydrogens is 288 g/mol. The van der Waals surface area contributed by atoms with E-state index in [-0.39, 0.29) is 30.3 Å². The van der Waals surface area contributed by atoms with Gasteiger partial charge in [-0.25, -0.2) is 0 Å². The molecule has 1 amide bonds. The Balaban J connectivity index is 0.00000220. The van der Waals surface area contributed by atoms with Gasteiger partial charge in [0.2, 0.25) is 5.91 Å². The molecule has 118 valence electrons. The van der Waals surface area contributed by atoms with E-state index in [2.05, 4.69) is 19.2 Å². The summed E-state index contributed by atoms with van der Waals surface area (Å²) in [4.78, 5) is 12.5. The van der Waals surface area contributed by atoms with E-state index in [9.17, 15) is 4.79 Å². The van der Waals surface area contributed by atoms with Crippen molar-refractivity contribution in [3.63, 3.8) is 0 Å². The molecule has 1 heterocycles. The predicted octanol–water partition coefficient (Wildman–Crippen LogP) is 2.46. The first-order valence-electron chi connectivity index (χ1n) is 7.34. The van der Waals surface area contributed by atoms with Crippen molar-refractivity contribution in [1.29, 1.82) is 0 Å². The van der Waals surface area contributed by atoms with E-state index >= 15 is 0 Å². The van der Waals surface area contributed by atoms with Gasteiger partial charge in [-0.15, -0.1) is 12.4 Å². The second kappa shape index (κ2) is 8.25. The number of benzene rings is 1. The second-order valence-corrected chi connectivity index (χ2v) is 5.80. The number of rotatable bonds is 5. The quantitative estimate of drug-likeness (QED) is 0.878. The van der Waals surface area contributed by atoms with Gasteiger partial charge in [0.05, 0.1) is 12.5 Å². The summed E-state index contributed by atoms with van der Waals surface area (Å²) >= 11 is 0. The van der Waals surface area contributed by atoms with Gasteiger partial charge in [0, 0.05) is 18.2 Å². The zero-order valence-electron chi connectivity index (χ0n) is 12.7. The van der Waals surface area contributed by atoms with E-state index in [1.54, 1.807) is 0 Å². The van der Waals surface area contributed by atoms with Crippen LogP contribution in [0.25, 0.3) is 0 Å². The number of fused-ring (bicyclic) bond motifs is 1. The Labute approximate surface area is 132 Å². The number of halogens is 1. The Morgan fingerprint density at radius 2 is 2.14 bits per heavy atom.